The Hall–Kier alpha value is -1.38. The third-order valence-electron chi connectivity index (χ3n) is 3.39. The average molecular weight is 203 g/mol. The molecule has 1 heterocycles. The fraction of sp³-hybridized carbons (Fsp3) is 0.500. The second-order valence-electron chi connectivity index (χ2n) is 4.59. The van der Waals surface area contributed by atoms with Crippen molar-refractivity contribution in [3.63, 3.8) is 0 Å². The molecule has 0 aromatic carbocycles. The van der Waals surface area contributed by atoms with E-state index in [1.165, 1.54) is 18.4 Å². The van der Waals surface area contributed by atoms with Crippen LogP contribution in [0.15, 0.2) is 12.3 Å². The number of carboxylic acids is 1. The molecule has 15 heavy (non-hydrogen) atoms. The van der Waals surface area contributed by atoms with Crippen LogP contribution in [0, 0.1) is 5.92 Å². The van der Waals surface area contributed by atoms with E-state index in [4.69, 9.17) is 5.11 Å². The smallest absolute Gasteiger partial charge is 0.307 e. The van der Waals surface area contributed by atoms with Crippen molar-refractivity contribution in [1.82, 2.24) is 4.98 Å². The molecular formula is C12H13NO2. The van der Waals surface area contributed by atoms with E-state index in [1.807, 2.05) is 6.20 Å². The lowest BCUT2D eigenvalue weighted by Gasteiger charge is -2.01. The fourth-order valence-electron chi connectivity index (χ4n) is 2.30. The Morgan fingerprint density at radius 2 is 2.20 bits per heavy atom. The van der Waals surface area contributed by atoms with Crippen LogP contribution in [0.3, 0.4) is 0 Å². The first-order valence-electron chi connectivity index (χ1n) is 5.44. The van der Waals surface area contributed by atoms with E-state index in [2.05, 4.69) is 11.1 Å². The fourth-order valence-corrected chi connectivity index (χ4v) is 2.30. The standard InChI is InChI=1S/C12H13NO2/c14-12(15)9-3-8-4-10(7-1-2-7)6-13-11(8)5-9/h4,6-7,9H,1-3,5H2,(H,14,15). The summed E-state index contributed by atoms with van der Waals surface area (Å²) in [6, 6.07) is 2.17. The molecule has 0 spiro atoms. The summed E-state index contributed by atoms with van der Waals surface area (Å²) in [6.45, 7) is 0. The summed E-state index contributed by atoms with van der Waals surface area (Å²) in [5.74, 6) is -0.241. The first-order chi connectivity index (χ1) is 7.24. The highest BCUT2D eigenvalue weighted by Crippen LogP contribution is 2.41. The molecule has 0 aliphatic heterocycles. The molecule has 2 aliphatic rings. The second kappa shape index (κ2) is 3.05. The first kappa shape index (κ1) is 8.89. The van der Waals surface area contributed by atoms with Crippen molar-refractivity contribution in [3.8, 4) is 0 Å². The van der Waals surface area contributed by atoms with Gasteiger partial charge in [0.2, 0.25) is 0 Å². The van der Waals surface area contributed by atoms with Gasteiger partial charge in [-0.1, -0.05) is 6.07 Å². The molecule has 1 aromatic heterocycles. The van der Waals surface area contributed by atoms with Gasteiger partial charge in [-0.05, 0) is 36.3 Å². The van der Waals surface area contributed by atoms with Gasteiger partial charge in [0.15, 0.2) is 0 Å². The minimum absolute atomic E-state index is 0.248. The maximum atomic E-state index is 10.9. The number of aromatic nitrogens is 1. The quantitative estimate of drug-likeness (QED) is 0.796. The van der Waals surface area contributed by atoms with Crippen LogP contribution in [0.2, 0.25) is 0 Å². The molecule has 1 unspecified atom stereocenters. The van der Waals surface area contributed by atoms with E-state index in [0.717, 1.165) is 11.3 Å². The van der Waals surface area contributed by atoms with Gasteiger partial charge in [0, 0.05) is 18.3 Å². The Labute approximate surface area is 88.1 Å². The van der Waals surface area contributed by atoms with Crippen LogP contribution >= 0.6 is 0 Å². The Kier molecular flexibility index (Phi) is 1.81. The van der Waals surface area contributed by atoms with Crippen molar-refractivity contribution in [2.24, 2.45) is 5.92 Å². The van der Waals surface area contributed by atoms with Crippen LogP contribution in [-0.4, -0.2) is 16.1 Å². The molecule has 78 valence electrons. The lowest BCUT2D eigenvalue weighted by Crippen LogP contribution is -2.13. The van der Waals surface area contributed by atoms with E-state index in [-0.39, 0.29) is 5.92 Å². The predicted molar refractivity (Wildman–Crippen MR) is 54.7 cm³/mol. The van der Waals surface area contributed by atoms with Crippen LogP contribution in [-0.2, 0) is 17.6 Å². The van der Waals surface area contributed by atoms with Crippen molar-refractivity contribution in [2.45, 2.75) is 31.6 Å². The molecule has 2 aliphatic carbocycles. The minimum atomic E-state index is -0.694. The van der Waals surface area contributed by atoms with Gasteiger partial charge in [-0.3, -0.25) is 9.78 Å². The summed E-state index contributed by atoms with van der Waals surface area (Å²) in [6.07, 6.45) is 5.74. The molecular weight excluding hydrogens is 190 g/mol. The van der Waals surface area contributed by atoms with Crippen LogP contribution in [0.5, 0.6) is 0 Å². The number of carboxylic acid groups (broad SMARTS) is 1. The van der Waals surface area contributed by atoms with Crippen molar-refractivity contribution in [1.29, 1.82) is 0 Å². The maximum absolute atomic E-state index is 10.9. The van der Waals surface area contributed by atoms with E-state index in [9.17, 15) is 4.79 Å². The highest BCUT2D eigenvalue weighted by Gasteiger charge is 2.30. The largest absolute Gasteiger partial charge is 0.481 e. The number of pyridine rings is 1. The van der Waals surface area contributed by atoms with Crippen molar-refractivity contribution in [2.75, 3.05) is 0 Å². The zero-order chi connectivity index (χ0) is 10.4. The number of fused-ring (bicyclic) bond motifs is 1. The van der Waals surface area contributed by atoms with E-state index in [0.29, 0.717) is 18.8 Å². The van der Waals surface area contributed by atoms with Gasteiger partial charge >= 0.3 is 5.97 Å². The van der Waals surface area contributed by atoms with Gasteiger partial charge in [0.25, 0.3) is 0 Å². The highest BCUT2D eigenvalue weighted by atomic mass is 16.4. The third-order valence-corrected chi connectivity index (χ3v) is 3.39. The molecule has 3 heteroatoms. The minimum Gasteiger partial charge on any atom is -0.481 e. The molecule has 1 fully saturated rings. The van der Waals surface area contributed by atoms with E-state index < -0.39 is 5.97 Å². The van der Waals surface area contributed by atoms with Gasteiger partial charge in [-0.15, -0.1) is 0 Å². The van der Waals surface area contributed by atoms with Gasteiger partial charge in [-0.2, -0.15) is 0 Å². The molecule has 3 rings (SSSR count). The summed E-state index contributed by atoms with van der Waals surface area (Å²) in [7, 11) is 0. The van der Waals surface area contributed by atoms with Crippen molar-refractivity contribution >= 4 is 5.97 Å². The van der Waals surface area contributed by atoms with Gasteiger partial charge in [-0.25, -0.2) is 0 Å². The summed E-state index contributed by atoms with van der Waals surface area (Å²) >= 11 is 0. The lowest BCUT2D eigenvalue weighted by molar-refractivity contribution is -0.141. The summed E-state index contributed by atoms with van der Waals surface area (Å²) in [5, 5.41) is 8.95. The molecule has 0 saturated heterocycles. The topological polar surface area (TPSA) is 50.2 Å². The molecule has 0 bridgehead atoms. The van der Waals surface area contributed by atoms with Gasteiger partial charge in [0.1, 0.15) is 0 Å². The molecule has 3 nitrogen and oxygen atoms in total. The average Bonchev–Trinajstić information content (AvgIpc) is 2.96. The molecule has 1 atom stereocenters. The molecule has 1 saturated carbocycles. The normalized spacial score (nSPS) is 23.9. The third kappa shape index (κ3) is 1.52. The Morgan fingerprint density at radius 1 is 1.40 bits per heavy atom. The SMILES string of the molecule is O=C(O)C1Cc2cc(C3CC3)cnc2C1. The maximum Gasteiger partial charge on any atom is 0.307 e. The van der Waals surface area contributed by atoms with Crippen LogP contribution < -0.4 is 0 Å². The molecule has 1 aromatic rings. The summed E-state index contributed by atoms with van der Waals surface area (Å²) in [4.78, 5) is 15.3. The van der Waals surface area contributed by atoms with E-state index >= 15 is 0 Å². The Morgan fingerprint density at radius 3 is 2.87 bits per heavy atom. The highest BCUT2D eigenvalue weighted by molar-refractivity contribution is 5.72. The number of nitrogens with zero attached hydrogens (tertiary/aromatic N) is 1. The number of rotatable bonds is 2. The number of hydrogen-bond acceptors (Lipinski definition) is 2. The summed E-state index contributed by atoms with van der Waals surface area (Å²) < 4.78 is 0. The zero-order valence-electron chi connectivity index (χ0n) is 8.44. The van der Waals surface area contributed by atoms with E-state index in [1.54, 1.807) is 0 Å². The number of hydrogen-bond donors (Lipinski definition) is 1. The number of carbonyl (C=O) groups is 1. The molecule has 0 amide bonds. The van der Waals surface area contributed by atoms with Crippen molar-refractivity contribution in [3.05, 3.63) is 29.1 Å². The molecule has 0 radical (unpaired) electrons. The van der Waals surface area contributed by atoms with Crippen LogP contribution in [0.4, 0.5) is 0 Å². The monoisotopic (exact) mass is 203 g/mol. The predicted octanol–water partition coefficient (Wildman–Crippen LogP) is 1.76. The Bertz CT molecular complexity index is 424. The summed E-state index contributed by atoms with van der Waals surface area (Å²) in [5.41, 5.74) is 3.46. The lowest BCUT2D eigenvalue weighted by atomic mass is 10.1. The van der Waals surface area contributed by atoms with Gasteiger partial charge < -0.3 is 5.11 Å². The molecule has 1 N–H and O–H groups in total. The Balaban J connectivity index is 1.89. The van der Waals surface area contributed by atoms with Crippen LogP contribution in [0.1, 0.15) is 35.6 Å². The van der Waals surface area contributed by atoms with Gasteiger partial charge in [0.05, 0.1) is 5.92 Å². The van der Waals surface area contributed by atoms with Crippen LogP contribution in [0.25, 0.3) is 0 Å². The number of aliphatic carboxylic acids is 1. The van der Waals surface area contributed by atoms with Crippen molar-refractivity contribution < 1.29 is 9.90 Å². The second-order valence-corrected chi connectivity index (χ2v) is 4.59. The first-order valence-corrected chi connectivity index (χ1v) is 5.44. The zero-order valence-corrected chi connectivity index (χ0v) is 8.44.